The minimum atomic E-state index is 0.681. The Morgan fingerprint density at radius 2 is 1.64 bits per heavy atom. The molecule has 0 amide bonds. The maximum Gasteiger partial charge on any atom is 0.161 e. The van der Waals surface area contributed by atoms with E-state index in [1.807, 2.05) is 54.7 Å². The second-order valence-electron chi connectivity index (χ2n) is 5.35. The van der Waals surface area contributed by atoms with Gasteiger partial charge in [0.25, 0.3) is 0 Å². The molecule has 0 atom stereocenters. The summed E-state index contributed by atoms with van der Waals surface area (Å²) in [6.45, 7) is 0. The van der Waals surface area contributed by atoms with E-state index in [0.717, 1.165) is 32.2 Å². The average molecular weight is 400 g/mol. The number of aliphatic imine (C=N–C) groups is 1. The summed E-state index contributed by atoms with van der Waals surface area (Å²) in [6.07, 6.45) is 1.82. The van der Waals surface area contributed by atoms with Gasteiger partial charge in [0.1, 0.15) is 5.75 Å². The molecule has 0 saturated heterocycles. The van der Waals surface area contributed by atoms with Crippen LogP contribution >= 0.6 is 15.9 Å². The van der Waals surface area contributed by atoms with Gasteiger partial charge >= 0.3 is 0 Å². The first-order valence-electron chi connectivity index (χ1n) is 7.68. The number of methoxy groups -OCH3 is 3. The molecule has 128 valence electrons. The second kappa shape index (κ2) is 7.57. The Bertz CT molecular complexity index is 938. The van der Waals surface area contributed by atoms with Crippen molar-refractivity contribution in [2.24, 2.45) is 4.99 Å². The van der Waals surface area contributed by atoms with Crippen LogP contribution in [-0.4, -0.2) is 27.5 Å². The summed E-state index contributed by atoms with van der Waals surface area (Å²) in [6, 6.07) is 15.6. The molecule has 4 nitrogen and oxygen atoms in total. The van der Waals surface area contributed by atoms with Gasteiger partial charge in [-0.15, -0.1) is 0 Å². The van der Waals surface area contributed by atoms with Crippen molar-refractivity contribution in [1.29, 1.82) is 0 Å². The van der Waals surface area contributed by atoms with Gasteiger partial charge in [-0.2, -0.15) is 0 Å². The van der Waals surface area contributed by atoms with Crippen LogP contribution in [0.4, 0.5) is 5.69 Å². The fourth-order valence-corrected chi connectivity index (χ4v) is 2.94. The first-order chi connectivity index (χ1) is 12.2. The van der Waals surface area contributed by atoms with Crippen LogP contribution in [-0.2, 0) is 0 Å². The van der Waals surface area contributed by atoms with Gasteiger partial charge in [0.05, 0.1) is 27.0 Å². The Labute approximate surface area is 155 Å². The van der Waals surface area contributed by atoms with Gasteiger partial charge in [-0.1, -0.05) is 28.1 Å². The highest BCUT2D eigenvalue weighted by atomic mass is 79.9. The van der Waals surface area contributed by atoms with E-state index in [1.54, 1.807) is 21.3 Å². The molecular formula is C20H18BrNO3. The molecule has 0 fully saturated rings. The third-order valence-corrected chi connectivity index (χ3v) is 4.63. The van der Waals surface area contributed by atoms with E-state index in [-0.39, 0.29) is 0 Å². The molecule has 25 heavy (non-hydrogen) atoms. The molecule has 0 aromatic heterocycles. The maximum atomic E-state index is 5.41. The van der Waals surface area contributed by atoms with Crippen molar-refractivity contribution in [3.63, 3.8) is 0 Å². The summed E-state index contributed by atoms with van der Waals surface area (Å²) in [5.74, 6) is 2.17. The summed E-state index contributed by atoms with van der Waals surface area (Å²) in [4.78, 5) is 4.66. The lowest BCUT2D eigenvalue weighted by molar-refractivity contribution is 0.356. The third-order valence-electron chi connectivity index (χ3n) is 3.91. The van der Waals surface area contributed by atoms with Crippen LogP contribution in [0.5, 0.6) is 17.2 Å². The first kappa shape index (κ1) is 17.3. The number of hydrogen-bond acceptors (Lipinski definition) is 4. The smallest absolute Gasteiger partial charge is 0.161 e. The molecule has 0 radical (unpaired) electrons. The van der Waals surface area contributed by atoms with E-state index < -0.39 is 0 Å². The molecule has 0 N–H and O–H groups in total. The SMILES string of the molecule is COc1ccc(Br)c(C=Nc2cccc3cc(OC)c(OC)cc23)c1. The average Bonchev–Trinajstić information content (AvgIpc) is 2.66. The molecule has 0 bridgehead atoms. The second-order valence-corrected chi connectivity index (χ2v) is 6.21. The van der Waals surface area contributed by atoms with Gasteiger partial charge in [-0.25, -0.2) is 0 Å². The quantitative estimate of drug-likeness (QED) is 0.540. The number of rotatable bonds is 5. The lowest BCUT2D eigenvalue weighted by atomic mass is 10.1. The van der Waals surface area contributed by atoms with Crippen molar-refractivity contribution < 1.29 is 14.2 Å². The van der Waals surface area contributed by atoms with E-state index in [4.69, 9.17) is 14.2 Å². The fraction of sp³-hybridized carbons (Fsp3) is 0.150. The number of benzene rings is 3. The van der Waals surface area contributed by atoms with E-state index in [0.29, 0.717) is 11.5 Å². The molecule has 0 aliphatic rings. The largest absolute Gasteiger partial charge is 0.497 e. The van der Waals surface area contributed by atoms with Crippen LogP contribution in [0.3, 0.4) is 0 Å². The summed E-state index contributed by atoms with van der Waals surface area (Å²) < 4.78 is 17.0. The third kappa shape index (κ3) is 3.61. The predicted octanol–water partition coefficient (Wildman–Crippen LogP) is 5.38. The molecule has 0 unspecified atom stereocenters. The van der Waals surface area contributed by atoms with Gasteiger partial charge in [0.2, 0.25) is 0 Å². The summed E-state index contributed by atoms with van der Waals surface area (Å²) in [5, 5.41) is 2.03. The van der Waals surface area contributed by atoms with Crippen LogP contribution in [0.1, 0.15) is 5.56 Å². The molecule has 0 spiro atoms. The minimum absolute atomic E-state index is 0.681. The Morgan fingerprint density at radius 3 is 2.36 bits per heavy atom. The topological polar surface area (TPSA) is 40.0 Å². The van der Waals surface area contributed by atoms with Crippen molar-refractivity contribution in [1.82, 2.24) is 0 Å². The lowest BCUT2D eigenvalue weighted by Gasteiger charge is -2.10. The zero-order valence-electron chi connectivity index (χ0n) is 14.2. The van der Waals surface area contributed by atoms with E-state index in [9.17, 15) is 0 Å². The molecular weight excluding hydrogens is 382 g/mol. The van der Waals surface area contributed by atoms with Crippen molar-refractivity contribution in [2.45, 2.75) is 0 Å². The number of halogens is 1. The number of nitrogens with zero attached hydrogens (tertiary/aromatic N) is 1. The molecule has 3 aromatic carbocycles. The van der Waals surface area contributed by atoms with E-state index in [1.165, 1.54) is 0 Å². The number of ether oxygens (including phenoxy) is 3. The molecule has 5 heteroatoms. The first-order valence-corrected chi connectivity index (χ1v) is 8.48. The fourth-order valence-electron chi connectivity index (χ4n) is 2.59. The Kier molecular flexibility index (Phi) is 5.24. The van der Waals surface area contributed by atoms with Crippen LogP contribution in [0.2, 0.25) is 0 Å². The minimum Gasteiger partial charge on any atom is -0.497 e. The van der Waals surface area contributed by atoms with Crippen molar-refractivity contribution in [3.8, 4) is 17.2 Å². The predicted molar refractivity (Wildman–Crippen MR) is 105 cm³/mol. The number of fused-ring (bicyclic) bond motifs is 1. The molecule has 3 aromatic rings. The van der Waals surface area contributed by atoms with Crippen molar-refractivity contribution >= 4 is 38.6 Å². The van der Waals surface area contributed by atoms with Crippen LogP contribution < -0.4 is 14.2 Å². The zero-order chi connectivity index (χ0) is 17.8. The zero-order valence-corrected chi connectivity index (χ0v) is 15.8. The monoisotopic (exact) mass is 399 g/mol. The molecule has 0 aliphatic carbocycles. The van der Waals surface area contributed by atoms with Gasteiger partial charge in [-0.3, -0.25) is 4.99 Å². The molecule has 0 saturated carbocycles. The van der Waals surface area contributed by atoms with Gasteiger partial charge in [0, 0.05) is 21.6 Å². The van der Waals surface area contributed by atoms with Crippen LogP contribution in [0, 0.1) is 0 Å². The Hall–Kier alpha value is -2.53. The molecule has 0 heterocycles. The normalized spacial score (nSPS) is 11.0. The molecule has 3 rings (SSSR count). The molecule has 0 aliphatic heterocycles. The number of hydrogen-bond donors (Lipinski definition) is 0. The highest BCUT2D eigenvalue weighted by Crippen LogP contribution is 2.36. The van der Waals surface area contributed by atoms with Crippen LogP contribution in [0.25, 0.3) is 10.8 Å². The van der Waals surface area contributed by atoms with Gasteiger partial charge in [0.15, 0.2) is 11.5 Å². The van der Waals surface area contributed by atoms with Crippen LogP contribution in [0.15, 0.2) is 58.0 Å². The van der Waals surface area contributed by atoms with E-state index in [2.05, 4.69) is 20.9 Å². The van der Waals surface area contributed by atoms with E-state index >= 15 is 0 Å². The summed E-state index contributed by atoms with van der Waals surface area (Å²) >= 11 is 3.54. The van der Waals surface area contributed by atoms with Gasteiger partial charge < -0.3 is 14.2 Å². The lowest BCUT2D eigenvalue weighted by Crippen LogP contribution is -1.91. The van der Waals surface area contributed by atoms with Crippen molar-refractivity contribution in [2.75, 3.05) is 21.3 Å². The maximum absolute atomic E-state index is 5.41. The Morgan fingerprint density at radius 1 is 0.880 bits per heavy atom. The summed E-state index contributed by atoms with van der Waals surface area (Å²) in [5.41, 5.74) is 1.80. The highest BCUT2D eigenvalue weighted by molar-refractivity contribution is 9.10. The summed E-state index contributed by atoms with van der Waals surface area (Å²) in [7, 11) is 4.91. The van der Waals surface area contributed by atoms with Crippen molar-refractivity contribution in [3.05, 3.63) is 58.6 Å². The standard InChI is InChI=1S/C20H18BrNO3/c1-23-15-7-8-17(21)14(9-15)12-22-18-6-4-5-13-10-19(24-2)20(25-3)11-16(13)18/h4-12H,1-3H3. The highest BCUT2D eigenvalue weighted by Gasteiger charge is 2.08. The van der Waals surface area contributed by atoms with Gasteiger partial charge in [-0.05, 0) is 41.8 Å². The Balaban J connectivity index is 2.07.